The van der Waals surface area contributed by atoms with Crippen LogP contribution in [0.1, 0.15) is 71.1 Å². The van der Waals surface area contributed by atoms with E-state index in [-0.39, 0.29) is 36.9 Å². The lowest BCUT2D eigenvalue weighted by molar-refractivity contribution is -0.597. The van der Waals surface area contributed by atoms with Gasteiger partial charge in [-0.05, 0) is 78.1 Å². The zero-order chi connectivity index (χ0) is 25.6. The molecule has 0 N–H and O–H groups in total. The summed E-state index contributed by atoms with van der Waals surface area (Å²) in [7, 11) is -4.27. The summed E-state index contributed by atoms with van der Waals surface area (Å²) in [5, 5.41) is 0. The minimum Gasteiger partial charge on any atom is -0.744 e. The van der Waals surface area contributed by atoms with Gasteiger partial charge in [-0.15, -0.1) is 0 Å². The summed E-state index contributed by atoms with van der Waals surface area (Å²) in [5.41, 5.74) is 4.40. The molecule has 0 fully saturated rings. The van der Waals surface area contributed by atoms with Crippen LogP contribution < -0.4 is 21.2 Å². The van der Waals surface area contributed by atoms with Gasteiger partial charge < -0.3 is 4.55 Å². The Morgan fingerprint density at radius 2 is 1.03 bits per heavy atom. The molecule has 0 heterocycles. The molecule has 5 heteroatoms. The summed E-state index contributed by atoms with van der Waals surface area (Å²) in [6.07, 6.45) is 2.35. The van der Waals surface area contributed by atoms with Gasteiger partial charge >= 0.3 is 21.2 Å². The van der Waals surface area contributed by atoms with Gasteiger partial charge in [-0.3, -0.25) is 0 Å². The highest BCUT2D eigenvalue weighted by Crippen LogP contribution is 2.26. The van der Waals surface area contributed by atoms with Crippen LogP contribution in [0.3, 0.4) is 0 Å². The molecular formula is C29H37IO3S. The second-order valence-electron chi connectivity index (χ2n) is 9.85. The van der Waals surface area contributed by atoms with Crippen LogP contribution in [0.4, 0.5) is 0 Å². The molecule has 3 rings (SSSR count). The van der Waals surface area contributed by atoms with Gasteiger partial charge in [0.1, 0.15) is 10.1 Å². The number of benzene rings is 3. The maximum absolute atomic E-state index is 10.4. The van der Waals surface area contributed by atoms with E-state index in [1.807, 2.05) is 6.92 Å². The Labute approximate surface area is 217 Å². The van der Waals surface area contributed by atoms with E-state index >= 15 is 0 Å². The topological polar surface area (TPSA) is 57.2 Å². The molecule has 0 atom stereocenters. The van der Waals surface area contributed by atoms with E-state index in [1.165, 1.54) is 43.2 Å². The van der Waals surface area contributed by atoms with Crippen molar-refractivity contribution in [2.45, 2.75) is 77.0 Å². The van der Waals surface area contributed by atoms with E-state index in [4.69, 9.17) is 0 Å². The van der Waals surface area contributed by atoms with Crippen molar-refractivity contribution in [3.05, 3.63) is 96.6 Å². The molecule has 0 aliphatic rings. The van der Waals surface area contributed by atoms with Crippen molar-refractivity contribution < 1.29 is 34.2 Å². The first-order valence-corrected chi connectivity index (χ1v) is 15.2. The van der Waals surface area contributed by atoms with Crippen LogP contribution in [0.5, 0.6) is 0 Å². The van der Waals surface area contributed by atoms with E-state index in [9.17, 15) is 13.0 Å². The smallest absolute Gasteiger partial charge is 0.357 e. The monoisotopic (exact) mass is 592 g/mol. The molecule has 3 nitrogen and oxygen atoms in total. The van der Waals surface area contributed by atoms with Crippen LogP contribution in [0.2, 0.25) is 0 Å². The van der Waals surface area contributed by atoms with Crippen LogP contribution >= 0.6 is 0 Å². The minimum absolute atomic E-state index is 0.0793. The largest absolute Gasteiger partial charge is 0.744 e. The van der Waals surface area contributed by atoms with Gasteiger partial charge in [-0.25, -0.2) is 8.42 Å². The highest BCUT2D eigenvalue weighted by molar-refractivity contribution is 7.85. The SMILES string of the molecule is CCC(C)(C)c1ccc([I+]c2ccc(C(C)(C)CC)cc2)cc1.Cc1ccc(S(=O)(=O)[O-])cc1. The van der Waals surface area contributed by atoms with Gasteiger partial charge in [0, 0.05) is 0 Å². The standard InChI is InChI=1S/C22H30I.C7H8O3S/c1-7-21(3,4)17-9-13-19(14-10-17)23-20-15-11-18(12-16-20)22(5,6)8-2;1-6-2-4-7(5-3-6)11(8,9)10/h9-16H,7-8H2,1-6H3;2-5H,1H3,(H,8,9,10)/q+1;/p-1. The Bertz CT molecular complexity index is 1090. The summed E-state index contributed by atoms with van der Waals surface area (Å²) < 4.78 is 34.2. The predicted octanol–water partition coefficient (Wildman–Crippen LogP) is 4.09. The van der Waals surface area contributed by atoms with Gasteiger partial charge in [-0.2, -0.15) is 0 Å². The lowest BCUT2D eigenvalue weighted by atomic mass is 9.82. The summed E-state index contributed by atoms with van der Waals surface area (Å²) in [6.45, 7) is 15.6. The van der Waals surface area contributed by atoms with Gasteiger partial charge in [-0.1, -0.05) is 83.5 Å². The molecule has 0 radical (unpaired) electrons. The Kier molecular flexibility index (Phi) is 9.92. The van der Waals surface area contributed by atoms with Gasteiger partial charge in [0.05, 0.1) is 4.90 Å². The lowest BCUT2D eigenvalue weighted by Gasteiger charge is -2.23. The minimum atomic E-state index is -4.27. The second-order valence-corrected chi connectivity index (χ2v) is 14.3. The summed E-state index contributed by atoms with van der Waals surface area (Å²) >= 11 is -0.0793. The Morgan fingerprint density at radius 1 is 0.676 bits per heavy atom. The summed E-state index contributed by atoms with van der Waals surface area (Å²) in [6, 6.07) is 24.4. The highest BCUT2D eigenvalue weighted by Gasteiger charge is 2.22. The average molecular weight is 593 g/mol. The number of halogens is 1. The fraction of sp³-hybridized carbons (Fsp3) is 0.379. The molecule has 0 aliphatic carbocycles. The molecule has 0 aromatic heterocycles. The molecule has 0 unspecified atom stereocenters. The lowest BCUT2D eigenvalue weighted by Crippen LogP contribution is -3.61. The van der Waals surface area contributed by atoms with Crippen molar-refractivity contribution in [2.75, 3.05) is 0 Å². The molecule has 0 saturated carbocycles. The molecule has 34 heavy (non-hydrogen) atoms. The quantitative estimate of drug-likeness (QED) is 0.307. The zero-order valence-corrected chi connectivity index (χ0v) is 24.3. The molecule has 0 amide bonds. The molecular weight excluding hydrogens is 555 g/mol. The number of rotatable bonds is 7. The van der Waals surface area contributed by atoms with Crippen molar-refractivity contribution in [3.8, 4) is 0 Å². The van der Waals surface area contributed by atoms with Gasteiger partial charge in [0.25, 0.3) is 0 Å². The second kappa shape index (κ2) is 11.8. The van der Waals surface area contributed by atoms with Crippen LogP contribution in [-0.2, 0) is 20.9 Å². The molecule has 0 bridgehead atoms. The van der Waals surface area contributed by atoms with Crippen molar-refractivity contribution in [3.63, 3.8) is 0 Å². The molecule has 0 spiro atoms. The fourth-order valence-electron chi connectivity index (χ4n) is 3.17. The van der Waals surface area contributed by atoms with Crippen molar-refractivity contribution >= 4 is 10.1 Å². The van der Waals surface area contributed by atoms with Crippen LogP contribution in [0.25, 0.3) is 0 Å². The zero-order valence-electron chi connectivity index (χ0n) is 21.4. The Morgan fingerprint density at radius 3 is 1.32 bits per heavy atom. The van der Waals surface area contributed by atoms with E-state index in [1.54, 1.807) is 12.1 Å². The molecule has 0 aliphatic heterocycles. The van der Waals surface area contributed by atoms with Crippen LogP contribution in [0.15, 0.2) is 77.7 Å². The van der Waals surface area contributed by atoms with Crippen molar-refractivity contribution in [1.29, 1.82) is 0 Å². The maximum Gasteiger partial charge on any atom is 0.357 e. The first kappa shape index (κ1) is 28.5. The Balaban J connectivity index is 0.000000310. The third-order valence-electron chi connectivity index (χ3n) is 6.55. The van der Waals surface area contributed by atoms with E-state index < -0.39 is 10.1 Å². The van der Waals surface area contributed by atoms with Crippen molar-refractivity contribution in [1.82, 2.24) is 0 Å². The first-order chi connectivity index (χ1) is 15.8. The number of hydrogen-bond acceptors (Lipinski definition) is 3. The summed E-state index contributed by atoms with van der Waals surface area (Å²) in [5.74, 6) is 0. The normalized spacial score (nSPS) is 12.1. The van der Waals surface area contributed by atoms with Gasteiger partial charge in [0.15, 0.2) is 7.14 Å². The Hall–Kier alpha value is -1.70. The van der Waals surface area contributed by atoms with E-state index in [2.05, 4.69) is 90.1 Å². The number of aryl methyl sites for hydroxylation is 1. The van der Waals surface area contributed by atoms with E-state index in [0.29, 0.717) is 0 Å². The molecule has 0 saturated heterocycles. The average Bonchev–Trinajstić information content (AvgIpc) is 2.80. The van der Waals surface area contributed by atoms with Gasteiger partial charge in [0.2, 0.25) is 0 Å². The third kappa shape index (κ3) is 8.21. The molecule has 3 aromatic carbocycles. The fourth-order valence-corrected chi connectivity index (χ4v) is 5.79. The van der Waals surface area contributed by atoms with E-state index in [0.717, 1.165) is 5.56 Å². The predicted molar refractivity (Wildman–Crippen MR) is 136 cm³/mol. The molecule has 184 valence electrons. The highest BCUT2D eigenvalue weighted by atomic mass is 127. The summed E-state index contributed by atoms with van der Waals surface area (Å²) in [4.78, 5) is -0.178. The molecule has 3 aromatic rings. The van der Waals surface area contributed by atoms with Crippen molar-refractivity contribution in [2.24, 2.45) is 0 Å². The number of hydrogen-bond donors (Lipinski definition) is 0. The first-order valence-electron chi connectivity index (χ1n) is 11.7. The van der Waals surface area contributed by atoms with Crippen LogP contribution in [-0.4, -0.2) is 13.0 Å². The maximum atomic E-state index is 10.4. The third-order valence-corrected chi connectivity index (χ3v) is 10.1. The van der Waals surface area contributed by atoms with Crippen LogP contribution in [0, 0.1) is 14.1 Å².